The molecule has 0 aliphatic rings. The number of hydrogen-bond acceptors (Lipinski definition) is 4. The largest absolute Gasteiger partial charge is 0.505 e. The second-order valence-corrected chi connectivity index (χ2v) is 2.77. The lowest BCUT2D eigenvalue weighted by molar-refractivity contribution is -0.0517. The second-order valence-electron chi connectivity index (χ2n) is 1.12. The van der Waals surface area contributed by atoms with E-state index < -0.39 is 7.82 Å². The van der Waals surface area contributed by atoms with Gasteiger partial charge in [0.15, 0.2) is 0 Å². The van der Waals surface area contributed by atoms with Gasteiger partial charge in [0.25, 0.3) is 0 Å². The number of hydrogen-bond donors (Lipinski definition) is 0. The van der Waals surface area contributed by atoms with Crippen LogP contribution in [0, 0.1) is 0 Å². The minimum atomic E-state index is -3.85. The number of rotatable bonds is 4. The van der Waals surface area contributed by atoms with Crippen LogP contribution in [0.25, 0.3) is 0 Å². The van der Waals surface area contributed by atoms with Crippen molar-refractivity contribution < 1.29 is 22.9 Å². The van der Waals surface area contributed by atoms with E-state index >= 15 is 0 Å². The Morgan fingerprint density at radius 2 is 2.22 bits per heavy atom. The molecule has 0 heterocycles. The monoisotopic (exact) mass is 158 g/mol. The van der Waals surface area contributed by atoms with Crippen molar-refractivity contribution in [3.63, 3.8) is 0 Å². The van der Waals surface area contributed by atoms with Crippen molar-refractivity contribution in [1.29, 1.82) is 0 Å². The predicted octanol–water partition coefficient (Wildman–Crippen LogP) is 1.68. The van der Waals surface area contributed by atoms with Crippen molar-refractivity contribution >= 4 is 7.82 Å². The highest BCUT2D eigenvalue weighted by molar-refractivity contribution is 7.48. The van der Waals surface area contributed by atoms with Crippen LogP contribution in [-0.4, -0.2) is 13.7 Å². The molecule has 6 heteroatoms. The Balaban J connectivity index is 3.78. The Morgan fingerprint density at radius 3 is 2.33 bits per heavy atom. The van der Waals surface area contributed by atoms with Gasteiger partial charge >= 0.3 is 7.82 Å². The molecule has 1 atom stereocenters. The van der Waals surface area contributed by atoms with E-state index in [9.17, 15) is 9.09 Å². The van der Waals surface area contributed by atoms with Gasteiger partial charge in [0.1, 0.15) is 0 Å². The maximum Gasteiger partial charge on any atom is 0.505 e. The molecule has 0 aliphatic carbocycles. The molecule has 0 bridgehead atoms. The summed E-state index contributed by atoms with van der Waals surface area (Å²) >= 11 is 0. The van der Waals surface area contributed by atoms with E-state index in [4.69, 9.17) is 0 Å². The molecule has 1 unspecified atom stereocenters. The maximum absolute atomic E-state index is 11.2. The van der Waals surface area contributed by atoms with E-state index in [-0.39, 0.29) is 6.61 Å². The van der Waals surface area contributed by atoms with Crippen LogP contribution in [0.3, 0.4) is 0 Å². The zero-order valence-corrected chi connectivity index (χ0v) is 6.06. The van der Waals surface area contributed by atoms with Crippen LogP contribution < -0.4 is 0 Å². The van der Waals surface area contributed by atoms with Crippen LogP contribution >= 0.6 is 7.82 Å². The lowest BCUT2D eigenvalue weighted by Crippen LogP contribution is -1.91. The van der Waals surface area contributed by atoms with E-state index in [0.29, 0.717) is 0 Å². The minimum Gasteiger partial charge on any atom is -0.289 e. The Kier molecular flexibility index (Phi) is 3.97. The van der Waals surface area contributed by atoms with Crippen molar-refractivity contribution in [1.82, 2.24) is 0 Å². The van der Waals surface area contributed by atoms with E-state index in [2.05, 4.69) is 13.8 Å². The molecular weight excluding hydrogens is 150 g/mol. The summed E-state index contributed by atoms with van der Waals surface area (Å²) in [7, 11) is -2.81. The van der Waals surface area contributed by atoms with Crippen molar-refractivity contribution in [2.45, 2.75) is 6.92 Å². The smallest absolute Gasteiger partial charge is 0.289 e. The third-order valence-corrected chi connectivity index (χ3v) is 1.79. The molecule has 4 nitrogen and oxygen atoms in total. The van der Waals surface area contributed by atoms with Gasteiger partial charge in [-0.15, -0.1) is 0 Å². The number of phosphoric ester groups is 1. The molecule has 0 saturated carbocycles. The summed E-state index contributed by atoms with van der Waals surface area (Å²) in [6.45, 7) is 1.62. The number of halogens is 1. The molecule has 0 aromatic heterocycles. The molecule has 0 saturated heterocycles. The van der Waals surface area contributed by atoms with Gasteiger partial charge in [-0.1, -0.05) is 4.73 Å². The summed E-state index contributed by atoms with van der Waals surface area (Å²) in [5, 5.41) is 0. The maximum atomic E-state index is 11.2. The van der Waals surface area contributed by atoms with Gasteiger partial charge in [-0.3, -0.25) is 9.05 Å². The van der Waals surface area contributed by atoms with Crippen molar-refractivity contribution in [2.75, 3.05) is 13.7 Å². The highest BCUT2D eigenvalue weighted by Crippen LogP contribution is 2.48. The molecule has 0 rings (SSSR count). The normalized spacial score (nSPS) is 17.2. The molecule has 0 aromatic carbocycles. The Hall–Kier alpha value is 0.0400. The molecule has 0 aromatic rings. The van der Waals surface area contributed by atoms with Crippen LogP contribution in [0.4, 0.5) is 4.53 Å². The fourth-order valence-electron chi connectivity index (χ4n) is 0.259. The topological polar surface area (TPSA) is 44.8 Å². The van der Waals surface area contributed by atoms with Crippen LogP contribution in [0.5, 0.6) is 0 Å². The third-order valence-electron chi connectivity index (χ3n) is 0.595. The third kappa shape index (κ3) is 2.91. The van der Waals surface area contributed by atoms with Gasteiger partial charge < -0.3 is 0 Å². The van der Waals surface area contributed by atoms with Crippen LogP contribution in [0.2, 0.25) is 0 Å². The number of phosphoric acid groups is 1. The lowest BCUT2D eigenvalue weighted by atomic mass is 10.9. The van der Waals surface area contributed by atoms with E-state index in [0.717, 1.165) is 7.11 Å². The Labute approximate surface area is 52.4 Å². The van der Waals surface area contributed by atoms with E-state index in [1.165, 1.54) is 0 Å². The van der Waals surface area contributed by atoms with Crippen molar-refractivity contribution in [2.24, 2.45) is 0 Å². The van der Waals surface area contributed by atoms with Gasteiger partial charge in [0, 0.05) is 7.11 Å². The van der Waals surface area contributed by atoms with Crippen molar-refractivity contribution in [3.8, 4) is 0 Å². The second kappa shape index (κ2) is 3.95. The first-order chi connectivity index (χ1) is 4.18. The van der Waals surface area contributed by atoms with Crippen molar-refractivity contribution in [3.05, 3.63) is 0 Å². The SMILES string of the molecule is CCOP(=O)(OC)OF. The highest BCUT2D eigenvalue weighted by atomic mass is 31.2. The zero-order chi connectivity index (χ0) is 7.33. The zero-order valence-electron chi connectivity index (χ0n) is 5.17. The van der Waals surface area contributed by atoms with Crippen LogP contribution in [0.15, 0.2) is 0 Å². The molecule has 0 N–H and O–H groups in total. The van der Waals surface area contributed by atoms with Gasteiger partial charge in [0.05, 0.1) is 6.61 Å². The first-order valence-corrected chi connectivity index (χ1v) is 3.75. The molecule has 0 aliphatic heterocycles. The summed E-state index contributed by atoms with van der Waals surface area (Å²) in [6, 6.07) is 0. The van der Waals surface area contributed by atoms with E-state index in [1.807, 2.05) is 0 Å². The standard InChI is InChI=1S/C3H8FO4P/c1-3-7-9(5,6-2)8-4/h3H2,1-2H3. The molecule has 0 radical (unpaired) electrons. The van der Waals surface area contributed by atoms with Gasteiger partial charge in [-0.25, -0.2) is 4.57 Å². The average Bonchev–Trinajstić information content (AvgIpc) is 1.89. The molecular formula is C3H8FO4P. The van der Waals surface area contributed by atoms with Crippen LogP contribution in [0.1, 0.15) is 6.92 Å². The average molecular weight is 158 g/mol. The fraction of sp³-hybridized carbons (Fsp3) is 1.00. The highest BCUT2D eigenvalue weighted by Gasteiger charge is 2.24. The first kappa shape index (κ1) is 9.04. The summed E-state index contributed by atoms with van der Waals surface area (Å²) in [5.41, 5.74) is 0. The summed E-state index contributed by atoms with van der Waals surface area (Å²) in [5.74, 6) is 0. The molecule has 0 amide bonds. The molecule has 0 fully saturated rings. The first-order valence-electron chi connectivity index (χ1n) is 2.29. The lowest BCUT2D eigenvalue weighted by Gasteiger charge is -2.06. The Morgan fingerprint density at radius 1 is 1.67 bits per heavy atom. The molecule has 56 valence electrons. The summed E-state index contributed by atoms with van der Waals surface area (Å²) in [6.07, 6.45) is 0. The summed E-state index contributed by atoms with van der Waals surface area (Å²) < 4.78 is 33.0. The summed E-state index contributed by atoms with van der Waals surface area (Å²) in [4.78, 5) is 0. The molecule has 9 heavy (non-hydrogen) atoms. The quantitative estimate of drug-likeness (QED) is 0.584. The minimum absolute atomic E-state index is 0.0784. The van der Waals surface area contributed by atoms with Gasteiger partial charge in [0.2, 0.25) is 0 Å². The molecule has 0 spiro atoms. The predicted molar refractivity (Wildman–Crippen MR) is 28.4 cm³/mol. The van der Waals surface area contributed by atoms with Gasteiger partial charge in [-0.05, 0) is 11.4 Å². The van der Waals surface area contributed by atoms with Gasteiger partial charge in [-0.2, -0.15) is 0 Å². The van der Waals surface area contributed by atoms with Crippen LogP contribution in [-0.2, 0) is 18.3 Å². The van der Waals surface area contributed by atoms with E-state index in [1.54, 1.807) is 6.92 Å². The fourth-order valence-corrected chi connectivity index (χ4v) is 0.777. The Bertz CT molecular complexity index is 108.